The van der Waals surface area contributed by atoms with Crippen molar-refractivity contribution < 1.29 is 14.3 Å². The molecule has 1 N–H and O–H groups in total. The predicted octanol–water partition coefficient (Wildman–Crippen LogP) is 1.91. The first kappa shape index (κ1) is 12.9. The standard InChI is InChI=1S/C14H14N2O3/c1-19-14(18)11-5-4-6-12(9-11)15-13(17)10-16-7-2-3-8-16/h2-9H,10H2,1H3,(H,15,17). The fraction of sp³-hybridized carbons (Fsp3) is 0.143. The molecule has 5 nitrogen and oxygen atoms in total. The van der Waals surface area contributed by atoms with Crippen LogP contribution in [0.15, 0.2) is 48.8 Å². The van der Waals surface area contributed by atoms with Gasteiger partial charge in [0.15, 0.2) is 0 Å². The second kappa shape index (κ2) is 5.86. The molecular formula is C14H14N2O3. The van der Waals surface area contributed by atoms with Crippen molar-refractivity contribution in [1.29, 1.82) is 0 Å². The highest BCUT2D eigenvalue weighted by molar-refractivity contribution is 5.94. The number of nitrogens with zero attached hydrogens (tertiary/aromatic N) is 1. The Morgan fingerprint density at radius 2 is 1.95 bits per heavy atom. The summed E-state index contributed by atoms with van der Waals surface area (Å²) in [5.74, 6) is -0.584. The van der Waals surface area contributed by atoms with Crippen LogP contribution in [-0.2, 0) is 16.1 Å². The van der Waals surface area contributed by atoms with Crippen molar-refractivity contribution in [1.82, 2.24) is 4.57 Å². The number of esters is 1. The maximum absolute atomic E-state index is 11.8. The number of nitrogens with one attached hydrogen (secondary N) is 1. The number of rotatable bonds is 4. The summed E-state index contributed by atoms with van der Waals surface area (Å²) >= 11 is 0. The molecule has 1 aromatic carbocycles. The molecule has 0 unspecified atom stereocenters. The SMILES string of the molecule is COC(=O)c1cccc(NC(=O)Cn2cccc2)c1. The summed E-state index contributed by atoms with van der Waals surface area (Å²) in [5, 5.41) is 2.73. The summed E-state index contributed by atoms with van der Waals surface area (Å²) in [4.78, 5) is 23.2. The average molecular weight is 258 g/mol. The minimum atomic E-state index is -0.429. The van der Waals surface area contributed by atoms with Gasteiger partial charge in [-0.2, -0.15) is 0 Å². The molecule has 0 fully saturated rings. The first-order valence-electron chi connectivity index (χ1n) is 5.78. The normalized spacial score (nSPS) is 9.95. The van der Waals surface area contributed by atoms with E-state index in [0.29, 0.717) is 11.3 Å². The first-order valence-corrected chi connectivity index (χ1v) is 5.78. The van der Waals surface area contributed by atoms with E-state index in [9.17, 15) is 9.59 Å². The Morgan fingerprint density at radius 3 is 2.63 bits per heavy atom. The Labute approximate surface area is 110 Å². The van der Waals surface area contributed by atoms with Crippen molar-refractivity contribution in [2.75, 3.05) is 12.4 Å². The van der Waals surface area contributed by atoms with Crippen LogP contribution in [0.3, 0.4) is 0 Å². The Bertz CT molecular complexity index is 576. The van der Waals surface area contributed by atoms with Crippen molar-refractivity contribution in [2.45, 2.75) is 6.54 Å². The topological polar surface area (TPSA) is 60.3 Å². The maximum atomic E-state index is 11.8. The molecule has 1 amide bonds. The number of carbonyl (C=O) groups is 2. The molecular weight excluding hydrogens is 244 g/mol. The number of hydrogen-bond donors (Lipinski definition) is 1. The Morgan fingerprint density at radius 1 is 1.21 bits per heavy atom. The number of carbonyl (C=O) groups excluding carboxylic acids is 2. The van der Waals surface area contributed by atoms with Crippen LogP contribution in [0.4, 0.5) is 5.69 Å². The van der Waals surface area contributed by atoms with Gasteiger partial charge >= 0.3 is 5.97 Å². The molecule has 0 radical (unpaired) electrons. The summed E-state index contributed by atoms with van der Waals surface area (Å²) in [7, 11) is 1.32. The second-order valence-corrected chi connectivity index (χ2v) is 3.98. The van der Waals surface area contributed by atoms with E-state index in [-0.39, 0.29) is 12.5 Å². The van der Waals surface area contributed by atoms with E-state index in [0.717, 1.165) is 0 Å². The van der Waals surface area contributed by atoms with Crippen LogP contribution >= 0.6 is 0 Å². The van der Waals surface area contributed by atoms with E-state index in [1.165, 1.54) is 7.11 Å². The molecule has 2 aromatic rings. The lowest BCUT2D eigenvalue weighted by atomic mass is 10.2. The predicted molar refractivity (Wildman–Crippen MR) is 70.8 cm³/mol. The molecule has 0 spiro atoms. The van der Waals surface area contributed by atoms with Crippen LogP contribution in [0.25, 0.3) is 0 Å². The molecule has 2 rings (SSSR count). The van der Waals surface area contributed by atoms with Gasteiger partial charge < -0.3 is 14.6 Å². The van der Waals surface area contributed by atoms with Crippen molar-refractivity contribution >= 4 is 17.6 Å². The van der Waals surface area contributed by atoms with Gasteiger partial charge in [0, 0.05) is 18.1 Å². The molecule has 0 atom stereocenters. The Kier molecular flexibility index (Phi) is 3.97. The Balaban J connectivity index is 2.02. The lowest BCUT2D eigenvalue weighted by molar-refractivity contribution is -0.116. The van der Waals surface area contributed by atoms with E-state index in [1.807, 2.05) is 24.5 Å². The van der Waals surface area contributed by atoms with E-state index < -0.39 is 5.97 Å². The fourth-order valence-electron chi connectivity index (χ4n) is 1.68. The van der Waals surface area contributed by atoms with Gasteiger partial charge in [0.2, 0.25) is 5.91 Å². The number of anilines is 1. The van der Waals surface area contributed by atoms with Crippen LogP contribution in [0, 0.1) is 0 Å². The molecule has 5 heteroatoms. The number of methoxy groups -OCH3 is 1. The average Bonchev–Trinajstić information content (AvgIpc) is 2.90. The van der Waals surface area contributed by atoms with Gasteiger partial charge in [0.1, 0.15) is 6.54 Å². The minimum Gasteiger partial charge on any atom is -0.465 e. The van der Waals surface area contributed by atoms with Gasteiger partial charge in [0.25, 0.3) is 0 Å². The molecule has 0 saturated carbocycles. The molecule has 0 saturated heterocycles. The largest absolute Gasteiger partial charge is 0.465 e. The summed E-state index contributed by atoms with van der Waals surface area (Å²) in [5.41, 5.74) is 0.973. The molecule has 0 aliphatic rings. The monoisotopic (exact) mass is 258 g/mol. The number of ether oxygens (including phenoxy) is 1. The van der Waals surface area contributed by atoms with Gasteiger partial charge in [-0.25, -0.2) is 4.79 Å². The zero-order valence-corrected chi connectivity index (χ0v) is 10.5. The van der Waals surface area contributed by atoms with Gasteiger partial charge in [0.05, 0.1) is 12.7 Å². The Hall–Kier alpha value is -2.56. The van der Waals surface area contributed by atoms with E-state index in [4.69, 9.17) is 0 Å². The van der Waals surface area contributed by atoms with Crippen molar-refractivity contribution in [2.24, 2.45) is 0 Å². The zero-order valence-electron chi connectivity index (χ0n) is 10.5. The van der Waals surface area contributed by atoms with Crippen LogP contribution in [0.2, 0.25) is 0 Å². The number of aromatic nitrogens is 1. The molecule has 1 aromatic heterocycles. The van der Waals surface area contributed by atoms with Crippen molar-refractivity contribution in [3.63, 3.8) is 0 Å². The summed E-state index contributed by atoms with van der Waals surface area (Å²) in [6.07, 6.45) is 3.62. The summed E-state index contributed by atoms with van der Waals surface area (Å²) in [6.45, 7) is 0.232. The van der Waals surface area contributed by atoms with E-state index >= 15 is 0 Å². The number of benzene rings is 1. The summed E-state index contributed by atoms with van der Waals surface area (Å²) in [6, 6.07) is 10.3. The zero-order chi connectivity index (χ0) is 13.7. The van der Waals surface area contributed by atoms with Crippen molar-refractivity contribution in [3.05, 3.63) is 54.4 Å². The molecule has 0 bridgehead atoms. The lowest BCUT2D eigenvalue weighted by Gasteiger charge is -2.07. The highest BCUT2D eigenvalue weighted by Crippen LogP contribution is 2.11. The van der Waals surface area contributed by atoms with Gasteiger partial charge in [-0.05, 0) is 30.3 Å². The van der Waals surface area contributed by atoms with Crippen LogP contribution < -0.4 is 5.32 Å². The van der Waals surface area contributed by atoms with Gasteiger partial charge in [-0.3, -0.25) is 4.79 Å². The van der Waals surface area contributed by atoms with Crippen LogP contribution in [-0.4, -0.2) is 23.6 Å². The quantitative estimate of drug-likeness (QED) is 0.852. The lowest BCUT2D eigenvalue weighted by Crippen LogP contribution is -2.18. The van der Waals surface area contributed by atoms with Gasteiger partial charge in [-0.15, -0.1) is 0 Å². The molecule has 1 heterocycles. The highest BCUT2D eigenvalue weighted by Gasteiger charge is 2.07. The third-order valence-corrected chi connectivity index (χ3v) is 2.56. The maximum Gasteiger partial charge on any atom is 0.337 e. The highest BCUT2D eigenvalue weighted by atomic mass is 16.5. The molecule has 0 aliphatic heterocycles. The third kappa shape index (κ3) is 3.45. The second-order valence-electron chi connectivity index (χ2n) is 3.98. The number of hydrogen-bond acceptors (Lipinski definition) is 3. The first-order chi connectivity index (χ1) is 9.19. The fourth-order valence-corrected chi connectivity index (χ4v) is 1.68. The molecule has 19 heavy (non-hydrogen) atoms. The molecule has 98 valence electrons. The summed E-state index contributed by atoms with van der Waals surface area (Å²) < 4.78 is 6.39. The number of amides is 1. The molecule has 0 aliphatic carbocycles. The van der Waals surface area contributed by atoms with E-state index in [2.05, 4.69) is 10.1 Å². The third-order valence-electron chi connectivity index (χ3n) is 2.56. The van der Waals surface area contributed by atoms with E-state index in [1.54, 1.807) is 28.8 Å². The van der Waals surface area contributed by atoms with Gasteiger partial charge in [-0.1, -0.05) is 6.07 Å². The van der Waals surface area contributed by atoms with Crippen LogP contribution in [0.5, 0.6) is 0 Å². The van der Waals surface area contributed by atoms with Crippen LogP contribution in [0.1, 0.15) is 10.4 Å². The minimum absolute atomic E-state index is 0.154. The van der Waals surface area contributed by atoms with Crippen molar-refractivity contribution in [3.8, 4) is 0 Å². The smallest absolute Gasteiger partial charge is 0.337 e.